The van der Waals surface area contributed by atoms with Crippen molar-refractivity contribution in [3.8, 4) is 0 Å². The van der Waals surface area contributed by atoms with Crippen LogP contribution in [0.5, 0.6) is 0 Å². The predicted octanol–water partition coefficient (Wildman–Crippen LogP) is 4.50. The number of amides is 1. The van der Waals surface area contributed by atoms with Crippen LogP contribution in [0.15, 0.2) is 59.5 Å². The first kappa shape index (κ1) is 20.2. The van der Waals surface area contributed by atoms with E-state index in [1.54, 1.807) is 24.3 Å². The second-order valence-electron chi connectivity index (χ2n) is 5.69. The molecule has 0 fully saturated rings. The minimum atomic E-state index is -4.23. The van der Waals surface area contributed by atoms with E-state index in [1.165, 1.54) is 5.56 Å². The van der Waals surface area contributed by atoms with Gasteiger partial charge in [0.2, 0.25) is 5.91 Å². The fourth-order valence-electron chi connectivity index (χ4n) is 2.30. The van der Waals surface area contributed by atoms with Gasteiger partial charge in [0.05, 0.1) is 12.3 Å². The van der Waals surface area contributed by atoms with Gasteiger partial charge in [-0.05, 0) is 30.5 Å². The van der Waals surface area contributed by atoms with Gasteiger partial charge >= 0.3 is 6.18 Å². The van der Waals surface area contributed by atoms with Gasteiger partial charge in [0.25, 0.3) is 0 Å². The van der Waals surface area contributed by atoms with Crippen molar-refractivity contribution >= 4 is 23.4 Å². The Morgan fingerprint density at radius 3 is 2.42 bits per heavy atom. The number of thioether (sulfide) groups is 1. The third-order valence-electron chi connectivity index (χ3n) is 3.53. The molecule has 0 saturated carbocycles. The van der Waals surface area contributed by atoms with Crippen LogP contribution in [0.2, 0.25) is 0 Å². The van der Waals surface area contributed by atoms with Crippen LogP contribution in [0.4, 0.5) is 18.9 Å². The summed E-state index contributed by atoms with van der Waals surface area (Å²) in [6.07, 6.45) is -2.52. The maximum absolute atomic E-state index is 12.4. The maximum Gasteiger partial charge on any atom is 0.398 e. The topological polar surface area (TPSA) is 41.1 Å². The molecule has 2 N–H and O–H groups in total. The number of rotatable bonds is 9. The third kappa shape index (κ3) is 7.82. The molecule has 0 aliphatic heterocycles. The lowest BCUT2D eigenvalue weighted by molar-refractivity contribution is -0.119. The predicted molar refractivity (Wildman–Crippen MR) is 99.5 cm³/mol. The van der Waals surface area contributed by atoms with Crippen LogP contribution in [-0.2, 0) is 11.2 Å². The molecule has 2 aromatic carbocycles. The Labute approximate surface area is 155 Å². The van der Waals surface area contributed by atoms with Crippen molar-refractivity contribution in [3.63, 3.8) is 0 Å². The van der Waals surface area contributed by atoms with E-state index in [1.807, 2.05) is 30.3 Å². The number of carbonyl (C=O) groups excluding carboxylic acids is 1. The minimum Gasteiger partial charge on any atom is -0.375 e. The molecule has 0 spiro atoms. The highest BCUT2D eigenvalue weighted by Crippen LogP contribution is 2.31. The number of benzene rings is 2. The molecule has 0 heterocycles. The summed E-state index contributed by atoms with van der Waals surface area (Å²) in [7, 11) is 0. The zero-order valence-electron chi connectivity index (χ0n) is 14.2. The summed E-state index contributed by atoms with van der Waals surface area (Å²) >= 11 is 0.706. The van der Waals surface area contributed by atoms with Crippen molar-refractivity contribution in [1.29, 1.82) is 0 Å². The Hall–Kier alpha value is -2.15. The molecule has 7 heteroatoms. The Kier molecular flexibility index (Phi) is 7.84. The summed E-state index contributed by atoms with van der Waals surface area (Å²) in [4.78, 5) is 12.4. The normalized spacial score (nSPS) is 11.2. The summed E-state index contributed by atoms with van der Waals surface area (Å²) in [5.74, 6) is -1.15. The van der Waals surface area contributed by atoms with Gasteiger partial charge in [0, 0.05) is 17.1 Å². The van der Waals surface area contributed by atoms with Gasteiger partial charge in [-0.2, -0.15) is 13.2 Å². The van der Waals surface area contributed by atoms with Gasteiger partial charge in [-0.3, -0.25) is 4.79 Å². The molecule has 140 valence electrons. The van der Waals surface area contributed by atoms with Crippen molar-refractivity contribution < 1.29 is 18.0 Å². The zero-order valence-corrected chi connectivity index (χ0v) is 15.0. The van der Waals surface area contributed by atoms with Crippen LogP contribution < -0.4 is 10.6 Å². The number of carbonyl (C=O) groups is 1. The number of aryl methyl sites for hydroxylation is 1. The van der Waals surface area contributed by atoms with Crippen molar-refractivity contribution in [2.75, 3.05) is 24.2 Å². The number of halogens is 3. The van der Waals surface area contributed by atoms with Gasteiger partial charge < -0.3 is 10.6 Å². The molecular weight excluding hydrogens is 361 g/mol. The van der Waals surface area contributed by atoms with E-state index >= 15 is 0 Å². The average molecular weight is 382 g/mol. The third-order valence-corrected chi connectivity index (χ3v) is 4.66. The smallest absolute Gasteiger partial charge is 0.375 e. The van der Waals surface area contributed by atoms with Gasteiger partial charge in [-0.25, -0.2) is 0 Å². The molecule has 2 aromatic rings. The molecule has 2 rings (SSSR count). The van der Waals surface area contributed by atoms with E-state index in [4.69, 9.17) is 0 Å². The molecule has 26 heavy (non-hydrogen) atoms. The maximum atomic E-state index is 12.4. The molecule has 0 aliphatic carbocycles. The first-order valence-electron chi connectivity index (χ1n) is 8.27. The van der Waals surface area contributed by atoms with E-state index in [2.05, 4.69) is 10.6 Å². The van der Waals surface area contributed by atoms with Gasteiger partial charge in [-0.1, -0.05) is 42.5 Å². The molecule has 0 atom stereocenters. The second kappa shape index (κ2) is 10.1. The fraction of sp³-hybridized carbons (Fsp3) is 0.316. The summed E-state index contributed by atoms with van der Waals surface area (Å²) in [5, 5.41) is 5.72. The van der Waals surface area contributed by atoms with Crippen LogP contribution in [0.25, 0.3) is 0 Å². The van der Waals surface area contributed by atoms with Crippen molar-refractivity contribution in [1.82, 2.24) is 5.32 Å². The highest BCUT2D eigenvalue weighted by molar-refractivity contribution is 7.99. The van der Waals surface area contributed by atoms with E-state index < -0.39 is 11.9 Å². The van der Waals surface area contributed by atoms with Crippen LogP contribution >= 0.6 is 11.8 Å². The first-order valence-corrected chi connectivity index (χ1v) is 9.26. The monoisotopic (exact) mass is 382 g/mol. The van der Waals surface area contributed by atoms with Crippen LogP contribution in [0.1, 0.15) is 12.0 Å². The quantitative estimate of drug-likeness (QED) is 0.496. The summed E-state index contributed by atoms with van der Waals surface area (Å²) in [6, 6.07) is 16.7. The lowest BCUT2D eigenvalue weighted by Crippen LogP contribution is -2.30. The Morgan fingerprint density at radius 2 is 1.69 bits per heavy atom. The zero-order chi connectivity index (χ0) is 18.8. The summed E-state index contributed by atoms with van der Waals surface area (Å²) in [5.41, 5.74) is 1.75. The molecule has 0 unspecified atom stereocenters. The Balaban J connectivity index is 1.71. The number of alkyl halides is 3. The lowest BCUT2D eigenvalue weighted by Gasteiger charge is -2.13. The van der Waals surface area contributed by atoms with E-state index in [9.17, 15) is 18.0 Å². The standard InChI is InChI=1S/C19H21F3N2OS/c20-19(21,22)14-26-17-11-5-4-10-16(17)24-13-18(25)23-12-6-9-15-7-2-1-3-8-15/h1-5,7-8,10-11,24H,6,9,12-14H2,(H,23,25). The summed E-state index contributed by atoms with van der Waals surface area (Å²) in [6.45, 7) is 0.578. The number of hydrogen-bond acceptors (Lipinski definition) is 3. The van der Waals surface area contributed by atoms with E-state index in [-0.39, 0.29) is 12.5 Å². The molecule has 0 bridgehead atoms. The van der Waals surface area contributed by atoms with E-state index in [0.29, 0.717) is 28.9 Å². The van der Waals surface area contributed by atoms with Gasteiger partial charge in [0.15, 0.2) is 0 Å². The number of anilines is 1. The Bertz CT molecular complexity index is 693. The number of nitrogens with one attached hydrogen (secondary N) is 2. The number of para-hydroxylation sites is 1. The SMILES string of the molecule is O=C(CNc1ccccc1SCC(F)(F)F)NCCCc1ccccc1. The van der Waals surface area contributed by atoms with Gasteiger partial charge in [-0.15, -0.1) is 11.8 Å². The van der Waals surface area contributed by atoms with Crippen LogP contribution in [0, 0.1) is 0 Å². The highest BCUT2D eigenvalue weighted by Gasteiger charge is 2.27. The molecule has 0 saturated heterocycles. The molecular formula is C19H21F3N2OS. The fourth-order valence-corrected chi connectivity index (χ4v) is 3.09. The molecule has 0 aliphatic rings. The van der Waals surface area contributed by atoms with Crippen molar-refractivity contribution in [2.24, 2.45) is 0 Å². The Morgan fingerprint density at radius 1 is 1.00 bits per heavy atom. The molecule has 0 aromatic heterocycles. The average Bonchev–Trinajstić information content (AvgIpc) is 2.63. The van der Waals surface area contributed by atoms with E-state index in [0.717, 1.165) is 12.8 Å². The second-order valence-corrected chi connectivity index (χ2v) is 6.71. The largest absolute Gasteiger partial charge is 0.398 e. The number of hydrogen-bond donors (Lipinski definition) is 2. The van der Waals surface area contributed by atoms with Gasteiger partial charge in [0.1, 0.15) is 0 Å². The van der Waals surface area contributed by atoms with Crippen molar-refractivity contribution in [2.45, 2.75) is 23.9 Å². The molecule has 1 amide bonds. The molecule has 3 nitrogen and oxygen atoms in total. The minimum absolute atomic E-state index is 0.0227. The van der Waals surface area contributed by atoms with Crippen LogP contribution in [-0.4, -0.2) is 30.9 Å². The lowest BCUT2D eigenvalue weighted by atomic mass is 10.1. The first-order chi connectivity index (χ1) is 12.4. The highest BCUT2D eigenvalue weighted by atomic mass is 32.2. The van der Waals surface area contributed by atoms with Crippen LogP contribution in [0.3, 0.4) is 0 Å². The summed E-state index contributed by atoms with van der Waals surface area (Å²) < 4.78 is 37.1. The van der Waals surface area contributed by atoms with Crippen molar-refractivity contribution in [3.05, 3.63) is 60.2 Å². The molecule has 0 radical (unpaired) electrons.